The van der Waals surface area contributed by atoms with Crippen LogP contribution in [0.15, 0.2) is 0 Å². The van der Waals surface area contributed by atoms with Crippen LogP contribution in [0.4, 0.5) is 0 Å². The molecule has 0 saturated carbocycles. The van der Waals surface area contributed by atoms with Gasteiger partial charge < -0.3 is 15.7 Å². The molecule has 1 heterocycles. The van der Waals surface area contributed by atoms with Crippen LogP contribution >= 0.6 is 0 Å². The van der Waals surface area contributed by atoms with Gasteiger partial charge in [0.1, 0.15) is 0 Å². The zero-order valence-corrected chi connectivity index (χ0v) is 12.7. The van der Waals surface area contributed by atoms with Crippen LogP contribution in [0.1, 0.15) is 46.0 Å². The third kappa shape index (κ3) is 5.12. The number of nitrogens with zero attached hydrogens (tertiary/aromatic N) is 1. The Hall–Kier alpha value is -1.10. The largest absolute Gasteiger partial charge is 0.481 e. The zero-order chi connectivity index (χ0) is 15.1. The molecule has 0 bridgehead atoms. The number of nitrogens with two attached hydrogens (primary N) is 1. The van der Waals surface area contributed by atoms with E-state index < -0.39 is 5.97 Å². The van der Waals surface area contributed by atoms with E-state index in [1.165, 1.54) is 0 Å². The van der Waals surface area contributed by atoms with Gasteiger partial charge in [-0.3, -0.25) is 9.59 Å². The Morgan fingerprint density at radius 1 is 1.40 bits per heavy atom. The van der Waals surface area contributed by atoms with Gasteiger partial charge in [0, 0.05) is 25.9 Å². The fourth-order valence-electron chi connectivity index (χ4n) is 2.91. The normalized spacial score (nSPS) is 22.4. The standard InChI is InChI=1S/C15H28N2O3/c1-3-12(9-16)8-14(18)17-6-4-5-13(10-17)11(2)7-15(19)20/h11-13H,3-10,16H2,1-2H3,(H,19,20). The molecule has 0 aliphatic carbocycles. The van der Waals surface area contributed by atoms with Gasteiger partial charge in [0.15, 0.2) is 0 Å². The predicted molar refractivity (Wildman–Crippen MR) is 78.2 cm³/mol. The maximum absolute atomic E-state index is 12.3. The molecule has 0 aromatic heterocycles. The van der Waals surface area contributed by atoms with E-state index in [4.69, 9.17) is 10.8 Å². The van der Waals surface area contributed by atoms with E-state index in [1.54, 1.807) is 0 Å². The molecule has 116 valence electrons. The summed E-state index contributed by atoms with van der Waals surface area (Å²) in [6.45, 7) is 6.08. The molecule has 3 unspecified atom stereocenters. The minimum absolute atomic E-state index is 0.125. The molecule has 3 N–H and O–H groups in total. The van der Waals surface area contributed by atoms with Crippen LogP contribution in [0.3, 0.4) is 0 Å². The molecule has 1 saturated heterocycles. The predicted octanol–water partition coefficient (Wildman–Crippen LogP) is 1.71. The molecule has 5 heteroatoms. The first-order valence-corrected chi connectivity index (χ1v) is 7.67. The summed E-state index contributed by atoms with van der Waals surface area (Å²) in [5.74, 6) is 0.116. The van der Waals surface area contributed by atoms with Crippen molar-refractivity contribution in [2.75, 3.05) is 19.6 Å². The first-order valence-electron chi connectivity index (χ1n) is 7.67. The van der Waals surface area contributed by atoms with Crippen molar-refractivity contribution in [1.29, 1.82) is 0 Å². The van der Waals surface area contributed by atoms with Gasteiger partial charge in [-0.1, -0.05) is 20.3 Å². The summed E-state index contributed by atoms with van der Waals surface area (Å²) < 4.78 is 0. The Balaban J connectivity index is 2.51. The van der Waals surface area contributed by atoms with Gasteiger partial charge >= 0.3 is 5.97 Å². The average molecular weight is 284 g/mol. The molecule has 20 heavy (non-hydrogen) atoms. The quantitative estimate of drug-likeness (QED) is 0.745. The third-order valence-electron chi connectivity index (χ3n) is 4.49. The molecule has 0 spiro atoms. The van der Waals surface area contributed by atoms with Crippen LogP contribution in [0.25, 0.3) is 0 Å². The van der Waals surface area contributed by atoms with E-state index in [9.17, 15) is 9.59 Å². The minimum Gasteiger partial charge on any atom is -0.481 e. The van der Waals surface area contributed by atoms with Crippen molar-refractivity contribution in [3.05, 3.63) is 0 Å². The van der Waals surface area contributed by atoms with Crippen molar-refractivity contribution in [2.45, 2.75) is 46.0 Å². The van der Waals surface area contributed by atoms with Crippen molar-refractivity contribution >= 4 is 11.9 Å². The van der Waals surface area contributed by atoms with E-state index in [2.05, 4.69) is 6.92 Å². The molecule has 1 aliphatic heterocycles. The maximum atomic E-state index is 12.3. The second-order valence-electron chi connectivity index (χ2n) is 6.03. The van der Waals surface area contributed by atoms with Crippen molar-refractivity contribution in [1.82, 2.24) is 4.90 Å². The van der Waals surface area contributed by atoms with Crippen molar-refractivity contribution < 1.29 is 14.7 Å². The van der Waals surface area contributed by atoms with Crippen LogP contribution in [0.5, 0.6) is 0 Å². The van der Waals surface area contributed by atoms with Gasteiger partial charge in [-0.2, -0.15) is 0 Å². The SMILES string of the molecule is CCC(CN)CC(=O)N1CCCC(C(C)CC(=O)O)C1. The number of carbonyl (C=O) groups is 2. The second kappa shape index (κ2) is 8.25. The third-order valence-corrected chi connectivity index (χ3v) is 4.49. The lowest BCUT2D eigenvalue weighted by Gasteiger charge is -2.36. The van der Waals surface area contributed by atoms with Gasteiger partial charge in [0.05, 0.1) is 0 Å². The number of hydrogen-bond donors (Lipinski definition) is 2. The van der Waals surface area contributed by atoms with Gasteiger partial charge in [-0.25, -0.2) is 0 Å². The second-order valence-corrected chi connectivity index (χ2v) is 6.03. The van der Waals surface area contributed by atoms with E-state index in [0.717, 1.165) is 25.8 Å². The van der Waals surface area contributed by atoms with Crippen LogP contribution in [-0.2, 0) is 9.59 Å². The average Bonchev–Trinajstić information content (AvgIpc) is 2.43. The number of carbonyl (C=O) groups excluding carboxylic acids is 1. The van der Waals surface area contributed by atoms with Crippen molar-refractivity contribution in [3.8, 4) is 0 Å². The van der Waals surface area contributed by atoms with Crippen LogP contribution < -0.4 is 5.73 Å². The fraction of sp³-hybridized carbons (Fsp3) is 0.867. The highest BCUT2D eigenvalue weighted by atomic mass is 16.4. The molecule has 1 fully saturated rings. The molecule has 5 nitrogen and oxygen atoms in total. The number of piperidine rings is 1. The highest BCUT2D eigenvalue weighted by Gasteiger charge is 2.28. The van der Waals surface area contributed by atoms with Crippen LogP contribution in [0, 0.1) is 17.8 Å². The van der Waals surface area contributed by atoms with E-state index in [0.29, 0.717) is 25.4 Å². The Morgan fingerprint density at radius 3 is 2.65 bits per heavy atom. The molecule has 0 radical (unpaired) electrons. The van der Waals surface area contributed by atoms with E-state index >= 15 is 0 Å². The van der Waals surface area contributed by atoms with E-state index in [-0.39, 0.29) is 24.2 Å². The fourth-order valence-corrected chi connectivity index (χ4v) is 2.91. The lowest BCUT2D eigenvalue weighted by molar-refractivity contribution is -0.138. The zero-order valence-electron chi connectivity index (χ0n) is 12.7. The molecule has 1 amide bonds. The Bertz CT molecular complexity index is 329. The summed E-state index contributed by atoms with van der Waals surface area (Å²) in [6.07, 6.45) is 3.63. The smallest absolute Gasteiger partial charge is 0.303 e. The minimum atomic E-state index is -0.755. The molecule has 1 rings (SSSR count). The summed E-state index contributed by atoms with van der Waals surface area (Å²) in [7, 11) is 0. The van der Waals surface area contributed by atoms with Gasteiger partial charge in [0.25, 0.3) is 0 Å². The molecular formula is C15H28N2O3. The van der Waals surface area contributed by atoms with Crippen molar-refractivity contribution in [3.63, 3.8) is 0 Å². The highest BCUT2D eigenvalue weighted by molar-refractivity contribution is 5.76. The Morgan fingerprint density at radius 2 is 2.10 bits per heavy atom. The molecular weight excluding hydrogens is 256 g/mol. The summed E-state index contributed by atoms with van der Waals surface area (Å²) >= 11 is 0. The summed E-state index contributed by atoms with van der Waals surface area (Å²) in [6, 6.07) is 0. The lowest BCUT2D eigenvalue weighted by atomic mass is 9.84. The first-order chi connectivity index (χ1) is 9.47. The topological polar surface area (TPSA) is 83.6 Å². The lowest BCUT2D eigenvalue weighted by Crippen LogP contribution is -2.42. The summed E-state index contributed by atoms with van der Waals surface area (Å²) in [5, 5.41) is 8.88. The summed E-state index contributed by atoms with van der Waals surface area (Å²) in [5.41, 5.74) is 5.66. The first kappa shape index (κ1) is 17.0. The number of carboxylic acid groups (broad SMARTS) is 1. The Kier molecular flexibility index (Phi) is 6.99. The van der Waals surface area contributed by atoms with Crippen LogP contribution in [-0.4, -0.2) is 41.5 Å². The number of amides is 1. The molecule has 0 aromatic carbocycles. The number of rotatable bonds is 7. The number of hydrogen-bond acceptors (Lipinski definition) is 3. The van der Waals surface area contributed by atoms with E-state index in [1.807, 2.05) is 11.8 Å². The number of carboxylic acids is 1. The number of aliphatic carboxylic acids is 1. The number of likely N-dealkylation sites (tertiary alicyclic amines) is 1. The Labute approximate surface area is 121 Å². The highest BCUT2D eigenvalue weighted by Crippen LogP contribution is 2.27. The molecule has 0 aromatic rings. The summed E-state index contributed by atoms with van der Waals surface area (Å²) in [4.78, 5) is 25.0. The van der Waals surface area contributed by atoms with Gasteiger partial charge in [-0.05, 0) is 37.1 Å². The monoisotopic (exact) mass is 284 g/mol. The van der Waals surface area contributed by atoms with Crippen LogP contribution in [0.2, 0.25) is 0 Å². The molecule has 3 atom stereocenters. The molecule has 1 aliphatic rings. The van der Waals surface area contributed by atoms with Gasteiger partial charge in [-0.15, -0.1) is 0 Å². The van der Waals surface area contributed by atoms with Gasteiger partial charge in [0.2, 0.25) is 5.91 Å². The maximum Gasteiger partial charge on any atom is 0.303 e. The van der Waals surface area contributed by atoms with Crippen molar-refractivity contribution in [2.24, 2.45) is 23.5 Å².